The van der Waals surface area contributed by atoms with Gasteiger partial charge < -0.3 is 5.32 Å². The van der Waals surface area contributed by atoms with Crippen molar-refractivity contribution in [1.82, 2.24) is 15.5 Å². The van der Waals surface area contributed by atoms with Crippen molar-refractivity contribution in [1.29, 1.82) is 0 Å². The number of carbonyl (C=O) groups excluding carboxylic acids is 1. The van der Waals surface area contributed by atoms with E-state index >= 15 is 0 Å². The van der Waals surface area contributed by atoms with Gasteiger partial charge in [-0.05, 0) is 75.9 Å². The molecule has 0 aliphatic heterocycles. The van der Waals surface area contributed by atoms with E-state index in [-0.39, 0.29) is 5.91 Å². The summed E-state index contributed by atoms with van der Waals surface area (Å²) in [6, 6.07) is 20.2. The van der Waals surface area contributed by atoms with Gasteiger partial charge in [-0.1, -0.05) is 61.5 Å². The third-order valence-electron chi connectivity index (χ3n) is 6.84. The van der Waals surface area contributed by atoms with Gasteiger partial charge in [-0.25, -0.2) is 0 Å². The first-order valence-corrected chi connectivity index (χ1v) is 12.7. The molecule has 0 bridgehead atoms. The maximum Gasteiger partial charge on any atom is 0.244 e. The Bertz CT molecular complexity index is 1450. The maximum absolute atomic E-state index is 14.1. The molecule has 1 fully saturated rings. The van der Waals surface area contributed by atoms with Crippen LogP contribution in [0.2, 0.25) is 0 Å². The Morgan fingerprint density at radius 1 is 1.11 bits per heavy atom. The van der Waals surface area contributed by atoms with Gasteiger partial charge in [0.1, 0.15) is 0 Å². The van der Waals surface area contributed by atoms with Gasteiger partial charge in [-0.2, -0.15) is 9.49 Å². The quantitative estimate of drug-likeness (QED) is 0.201. The number of aromatic nitrogens is 2. The predicted molar refractivity (Wildman–Crippen MR) is 145 cm³/mol. The summed E-state index contributed by atoms with van der Waals surface area (Å²) in [5.41, 5.74) is 8.01. The molecule has 5 rings (SSSR count). The Labute approximate surface area is 214 Å². The minimum Gasteiger partial charge on any atom is -0.351 e. The fourth-order valence-corrected chi connectivity index (χ4v) is 4.68. The number of nitrogens with zero attached hydrogens (tertiary/aromatic N) is 1. The molecule has 1 heterocycles. The Morgan fingerprint density at radius 3 is 2.58 bits per heavy atom. The molecular formula is C30H27ClFN3O. The van der Waals surface area contributed by atoms with Crippen molar-refractivity contribution in [2.45, 2.75) is 25.2 Å². The third kappa shape index (κ3) is 4.98. The molecule has 0 saturated heterocycles. The Hall–Kier alpha value is -3.70. The summed E-state index contributed by atoms with van der Waals surface area (Å²) >= 11 is 5.60. The maximum atomic E-state index is 14.1. The lowest BCUT2D eigenvalue weighted by Crippen LogP contribution is -2.22. The fourth-order valence-electron chi connectivity index (χ4n) is 4.58. The van der Waals surface area contributed by atoms with Crippen LogP contribution in [-0.2, 0) is 4.79 Å². The van der Waals surface area contributed by atoms with Crippen molar-refractivity contribution >= 4 is 40.1 Å². The zero-order chi connectivity index (χ0) is 25.1. The molecule has 3 aromatic carbocycles. The first-order valence-electron chi connectivity index (χ1n) is 12.1. The normalized spacial score (nSPS) is 13.7. The molecule has 1 aliphatic rings. The van der Waals surface area contributed by atoms with Crippen molar-refractivity contribution in [3.05, 3.63) is 102 Å². The number of fused-ring (bicyclic) bond motifs is 1. The molecule has 1 saturated carbocycles. The SMILES string of the molecule is C=C(c1ccc(/C=C/C(=O)NCCCl)cc1)c1ccc(-c2ccc3n[nH]c(F)c3c2)cc1C1CCC1. The van der Waals surface area contributed by atoms with Crippen LogP contribution in [-0.4, -0.2) is 28.5 Å². The number of hydrogen-bond donors (Lipinski definition) is 2. The average molecular weight is 500 g/mol. The molecule has 4 nitrogen and oxygen atoms in total. The average Bonchev–Trinajstić information content (AvgIpc) is 3.25. The molecule has 0 atom stereocenters. The lowest BCUT2D eigenvalue weighted by atomic mass is 9.75. The summed E-state index contributed by atoms with van der Waals surface area (Å²) in [5.74, 6) is 0.312. The topological polar surface area (TPSA) is 57.8 Å². The summed E-state index contributed by atoms with van der Waals surface area (Å²) in [5, 5.41) is 9.61. The second-order valence-corrected chi connectivity index (χ2v) is 9.49. The molecule has 0 radical (unpaired) electrons. The number of nitrogens with one attached hydrogen (secondary N) is 2. The summed E-state index contributed by atoms with van der Waals surface area (Å²) in [6.07, 6.45) is 6.84. The highest BCUT2D eigenvalue weighted by molar-refractivity contribution is 6.18. The number of halogens is 2. The Morgan fingerprint density at radius 2 is 1.86 bits per heavy atom. The van der Waals surface area contributed by atoms with E-state index in [0.29, 0.717) is 29.2 Å². The van der Waals surface area contributed by atoms with Crippen LogP contribution in [0.25, 0.3) is 33.7 Å². The highest BCUT2D eigenvalue weighted by Gasteiger charge is 2.24. The number of aromatic amines is 1. The smallest absolute Gasteiger partial charge is 0.244 e. The van der Waals surface area contributed by atoms with Gasteiger partial charge in [0.2, 0.25) is 11.9 Å². The summed E-state index contributed by atoms with van der Waals surface area (Å²) in [6.45, 7) is 4.87. The van der Waals surface area contributed by atoms with E-state index in [1.54, 1.807) is 6.08 Å². The fraction of sp³-hybridized carbons (Fsp3) is 0.200. The predicted octanol–water partition coefficient (Wildman–Crippen LogP) is 7.07. The lowest BCUT2D eigenvalue weighted by Gasteiger charge is -2.29. The number of benzene rings is 3. The molecule has 1 amide bonds. The van der Waals surface area contributed by atoms with Gasteiger partial charge in [0.05, 0.1) is 10.9 Å². The van der Waals surface area contributed by atoms with E-state index in [0.717, 1.165) is 46.2 Å². The van der Waals surface area contributed by atoms with E-state index < -0.39 is 5.95 Å². The molecule has 0 spiro atoms. The van der Waals surface area contributed by atoms with Crippen molar-refractivity contribution in [3.63, 3.8) is 0 Å². The standard InChI is InChI=1S/C30H27ClFN3O/c1-19(21-8-5-20(6-9-21)7-14-29(36)33-16-15-31)25-12-10-23(17-26(25)22-3-2-4-22)24-11-13-28-27(18-24)30(32)35-34-28/h5-14,17-18,22H,1-4,15-16H2,(H,33,36)(H,34,35)/b14-7+. The van der Waals surface area contributed by atoms with Crippen LogP contribution in [0, 0.1) is 5.95 Å². The van der Waals surface area contributed by atoms with Gasteiger partial charge in [-0.15, -0.1) is 11.6 Å². The number of alkyl halides is 1. The van der Waals surface area contributed by atoms with Crippen molar-refractivity contribution in [2.75, 3.05) is 12.4 Å². The molecule has 2 N–H and O–H groups in total. The van der Waals surface area contributed by atoms with Crippen molar-refractivity contribution < 1.29 is 9.18 Å². The minimum absolute atomic E-state index is 0.163. The summed E-state index contributed by atoms with van der Waals surface area (Å²) in [4.78, 5) is 11.8. The summed E-state index contributed by atoms with van der Waals surface area (Å²) in [7, 11) is 0. The van der Waals surface area contributed by atoms with Gasteiger partial charge in [0.25, 0.3) is 0 Å². The van der Waals surface area contributed by atoms with E-state index in [4.69, 9.17) is 11.6 Å². The second-order valence-electron chi connectivity index (χ2n) is 9.11. The molecule has 0 unspecified atom stereocenters. The van der Waals surface area contributed by atoms with Gasteiger partial charge in [0, 0.05) is 18.5 Å². The van der Waals surface area contributed by atoms with Crippen LogP contribution < -0.4 is 5.32 Å². The van der Waals surface area contributed by atoms with Crippen LogP contribution >= 0.6 is 11.6 Å². The first-order chi connectivity index (χ1) is 17.5. The largest absolute Gasteiger partial charge is 0.351 e. The Balaban J connectivity index is 1.41. The van der Waals surface area contributed by atoms with E-state index in [1.807, 2.05) is 42.5 Å². The van der Waals surface area contributed by atoms with Gasteiger partial charge in [0.15, 0.2) is 0 Å². The van der Waals surface area contributed by atoms with Crippen molar-refractivity contribution in [3.8, 4) is 11.1 Å². The summed E-state index contributed by atoms with van der Waals surface area (Å²) < 4.78 is 14.1. The second kappa shape index (κ2) is 10.5. The zero-order valence-electron chi connectivity index (χ0n) is 19.9. The van der Waals surface area contributed by atoms with Crippen LogP contribution in [0.4, 0.5) is 4.39 Å². The zero-order valence-corrected chi connectivity index (χ0v) is 20.6. The van der Waals surface area contributed by atoms with Crippen molar-refractivity contribution in [2.24, 2.45) is 0 Å². The number of rotatable bonds is 8. The van der Waals surface area contributed by atoms with E-state index in [9.17, 15) is 9.18 Å². The third-order valence-corrected chi connectivity index (χ3v) is 7.03. The molecule has 4 aromatic rings. The highest BCUT2D eigenvalue weighted by Crippen LogP contribution is 2.42. The molecule has 6 heteroatoms. The molecule has 1 aliphatic carbocycles. The van der Waals surface area contributed by atoms with Gasteiger partial charge >= 0.3 is 0 Å². The lowest BCUT2D eigenvalue weighted by molar-refractivity contribution is -0.116. The number of H-pyrrole nitrogens is 1. The van der Waals surface area contributed by atoms with Crippen LogP contribution in [0.3, 0.4) is 0 Å². The number of hydrogen-bond acceptors (Lipinski definition) is 2. The van der Waals surface area contributed by atoms with Gasteiger partial charge in [-0.3, -0.25) is 9.89 Å². The van der Waals surface area contributed by atoms with Crippen LogP contribution in [0.5, 0.6) is 0 Å². The first kappa shape index (κ1) is 24.0. The van der Waals surface area contributed by atoms with Crippen LogP contribution in [0.1, 0.15) is 47.4 Å². The monoisotopic (exact) mass is 499 g/mol. The van der Waals surface area contributed by atoms with E-state index in [2.05, 4.69) is 40.3 Å². The van der Waals surface area contributed by atoms with E-state index in [1.165, 1.54) is 18.1 Å². The molecule has 182 valence electrons. The Kier molecular flexibility index (Phi) is 7.01. The molecule has 1 aromatic heterocycles. The van der Waals surface area contributed by atoms with Crippen LogP contribution in [0.15, 0.2) is 73.3 Å². The minimum atomic E-state index is -0.412. The molecular weight excluding hydrogens is 473 g/mol. The molecule has 36 heavy (non-hydrogen) atoms. The highest BCUT2D eigenvalue weighted by atomic mass is 35.5. The number of amides is 1. The number of carbonyl (C=O) groups is 1.